The van der Waals surface area contributed by atoms with Gasteiger partial charge in [0.2, 0.25) is 0 Å². The smallest absolute Gasteiger partial charge is 0.319 e. The number of amides is 2. The van der Waals surface area contributed by atoms with Crippen LogP contribution in [0.3, 0.4) is 0 Å². The van der Waals surface area contributed by atoms with Crippen LogP contribution in [-0.2, 0) is 19.5 Å². The molecule has 1 aliphatic rings. The SMILES string of the molecule is CCc1nc(C(C)NC(=O)Nc2ccc3c(c2)CNC3)cs1. The van der Waals surface area contributed by atoms with Crippen LogP contribution in [0.4, 0.5) is 10.5 Å². The zero-order chi connectivity index (χ0) is 15.5. The van der Waals surface area contributed by atoms with Crippen LogP contribution in [0, 0.1) is 0 Å². The van der Waals surface area contributed by atoms with Crippen molar-refractivity contribution in [2.75, 3.05) is 5.32 Å². The van der Waals surface area contributed by atoms with E-state index in [9.17, 15) is 4.79 Å². The predicted molar refractivity (Wildman–Crippen MR) is 89.0 cm³/mol. The third-order valence-corrected chi connectivity index (χ3v) is 4.77. The van der Waals surface area contributed by atoms with E-state index < -0.39 is 0 Å². The van der Waals surface area contributed by atoms with E-state index in [4.69, 9.17) is 0 Å². The van der Waals surface area contributed by atoms with E-state index >= 15 is 0 Å². The molecule has 6 heteroatoms. The molecule has 1 aromatic carbocycles. The average Bonchev–Trinajstić information content (AvgIpc) is 3.15. The fraction of sp³-hybridized carbons (Fsp3) is 0.375. The van der Waals surface area contributed by atoms with Crippen molar-refractivity contribution in [3.63, 3.8) is 0 Å². The van der Waals surface area contributed by atoms with E-state index in [1.165, 1.54) is 11.1 Å². The number of urea groups is 1. The maximum atomic E-state index is 12.1. The normalized spacial score (nSPS) is 14.5. The van der Waals surface area contributed by atoms with Crippen molar-refractivity contribution in [3.8, 4) is 0 Å². The molecule has 2 heterocycles. The van der Waals surface area contributed by atoms with Crippen LogP contribution in [-0.4, -0.2) is 11.0 Å². The third-order valence-electron chi connectivity index (χ3n) is 3.76. The molecule has 3 N–H and O–H groups in total. The van der Waals surface area contributed by atoms with Crippen molar-refractivity contribution in [2.24, 2.45) is 0 Å². The summed E-state index contributed by atoms with van der Waals surface area (Å²) in [6.07, 6.45) is 0.923. The zero-order valence-electron chi connectivity index (χ0n) is 12.8. The van der Waals surface area contributed by atoms with Gasteiger partial charge in [0.25, 0.3) is 0 Å². The molecule has 1 atom stereocenters. The highest BCUT2D eigenvalue weighted by Gasteiger charge is 2.14. The van der Waals surface area contributed by atoms with Crippen LogP contribution in [0.2, 0.25) is 0 Å². The molecule has 0 fully saturated rings. The van der Waals surface area contributed by atoms with Gasteiger partial charge in [-0.25, -0.2) is 9.78 Å². The molecule has 0 saturated carbocycles. The molecule has 0 radical (unpaired) electrons. The number of anilines is 1. The quantitative estimate of drug-likeness (QED) is 0.811. The molecule has 5 nitrogen and oxygen atoms in total. The van der Waals surface area contributed by atoms with Gasteiger partial charge >= 0.3 is 6.03 Å². The number of fused-ring (bicyclic) bond motifs is 1. The summed E-state index contributed by atoms with van der Waals surface area (Å²) in [4.78, 5) is 16.6. The molecule has 1 aliphatic heterocycles. The number of hydrogen-bond donors (Lipinski definition) is 3. The Morgan fingerprint density at radius 2 is 2.23 bits per heavy atom. The highest BCUT2D eigenvalue weighted by atomic mass is 32.1. The number of nitrogens with one attached hydrogen (secondary N) is 3. The first kappa shape index (κ1) is 15.0. The molecule has 0 bridgehead atoms. The minimum atomic E-state index is -0.204. The summed E-state index contributed by atoms with van der Waals surface area (Å²) < 4.78 is 0. The number of benzene rings is 1. The molecular formula is C16H20N4OS. The molecule has 2 aromatic rings. The van der Waals surface area contributed by atoms with E-state index in [1.54, 1.807) is 11.3 Å². The summed E-state index contributed by atoms with van der Waals surface area (Å²) in [6.45, 7) is 5.79. The Hall–Kier alpha value is -1.92. The second-order valence-electron chi connectivity index (χ2n) is 5.43. The van der Waals surface area contributed by atoms with Gasteiger partial charge in [-0.3, -0.25) is 0 Å². The lowest BCUT2D eigenvalue weighted by molar-refractivity contribution is 0.249. The first-order valence-corrected chi connectivity index (χ1v) is 8.38. The largest absolute Gasteiger partial charge is 0.330 e. The summed E-state index contributed by atoms with van der Waals surface area (Å²) >= 11 is 1.63. The van der Waals surface area contributed by atoms with Crippen LogP contribution in [0.15, 0.2) is 23.6 Å². The Morgan fingerprint density at radius 1 is 1.41 bits per heavy atom. The Bertz CT molecular complexity index is 683. The average molecular weight is 316 g/mol. The van der Waals surface area contributed by atoms with E-state index in [-0.39, 0.29) is 12.1 Å². The van der Waals surface area contributed by atoms with E-state index in [0.717, 1.165) is 35.9 Å². The summed E-state index contributed by atoms with van der Waals surface area (Å²) in [5.74, 6) is 0. The number of carbonyl (C=O) groups is 1. The summed E-state index contributed by atoms with van der Waals surface area (Å²) in [6, 6.07) is 5.71. The Morgan fingerprint density at radius 3 is 3.00 bits per heavy atom. The maximum absolute atomic E-state index is 12.1. The Kier molecular flexibility index (Phi) is 4.40. The number of aromatic nitrogens is 1. The van der Waals surface area contributed by atoms with Gasteiger partial charge in [-0.2, -0.15) is 0 Å². The molecule has 0 aliphatic carbocycles. The number of rotatable bonds is 4. The molecule has 1 unspecified atom stereocenters. The maximum Gasteiger partial charge on any atom is 0.319 e. The molecule has 1 aromatic heterocycles. The lowest BCUT2D eigenvalue weighted by Crippen LogP contribution is -2.31. The third kappa shape index (κ3) is 3.28. The fourth-order valence-electron chi connectivity index (χ4n) is 2.50. The fourth-order valence-corrected chi connectivity index (χ4v) is 3.34. The van der Waals surface area contributed by atoms with Gasteiger partial charge < -0.3 is 16.0 Å². The predicted octanol–water partition coefficient (Wildman–Crippen LogP) is 3.19. The lowest BCUT2D eigenvalue weighted by Gasteiger charge is -2.13. The van der Waals surface area contributed by atoms with Crippen LogP contribution >= 0.6 is 11.3 Å². The van der Waals surface area contributed by atoms with Crippen molar-refractivity contribution in [2.45, 2.75) is 39.4 Å². The van der Waals surface area contributed by atoms with Crippen LogP contribution in [0.1, 0.15) is 41.7 Å². The van der Waals surface area contributed by atoms with Crippen molar-refractivity contribution in [1.82, 2.24) is 15.6 Å². The number of carbonyl (C=O) groups excluding carboxylic acids is 1. The Balaban J connectivity index is 1.60. The standard InChI is InChI=1S/C16H20N4OS/c1-3-15-20-14(9-22-15)10(2)18-16(21)19-13-5-4-11-7-17-8-12(11)6-13/h4-6,9-10,17H,3,7-8H2,1-2H3,(H2,18,19,21). The highest BCUT2D eigenvalue weighted by molar-refractivity contribution is 7.09. The summed E-state index contributed by atoms with van der Waals surface area (Å²) in [5, 5.41) is 12.2. The molecule has 2 amide bonds. The van der Waals surface area contributed by atoms with Gasteiger partial charge in [-0.1, -0.05) is 13.0 Å². The second-order valence-corrected chi connectivity index (χ2v) is 6.37. The Labute approximate surface area is 134 Å². The van der Waals surface area contributed by atoms with Crippen LogP contribution < -0.4 is 16.0 Å². The van der Waals surface area contributed by atoms with Crippen LogP contribution in [0.25, 0.3) is 0 Å². The minimum Gasteiger partial charge on any atom is -0.330 e. The molecular weight excluding hydrogens is 296 g/mol. The van der Waals surface area contributed by atoms with Crippen molar-refractivity contribution in [3.05, 3.63) is 45.4 Å². The number of thiazole rings is 1. The van der Waals surface area contributed by atoms with Crippen molar-refractivity contribution < 1.29 is 4.79 Å². The topological polar surface area (TPSA) is 66.0 Å². The van der Waals surface area contributed by atoms with E-state index in [0.29, 0.717) is 0 Å². The zero-order valence-corrected chi connectivity index (χ0v) is 13.6. The monoisotopic (exact) mass is 316 g/mol. The lowest BCUT2D eigenvalue weighted by atomic mass is 10.1. The van der Waals surface area contributed by atoms with Gasteiger partial charge in [0.15, 0.2) is 0 Å². The van der Waals surface area contributed by atoms with Gasteiger partial charge in [0, 0.05) is 24.2 Å². The molecule has 22 heavy (non-hydrogen) atoms. The number of nitrogens with zero attached hydrogens (tertiary/aromatic N) is 1. The second kappa shape index (κ2) is 6.46. The van der Waals surface area contributed by atoms with E-state index in [2.05, 4.69) is 33.9 Å². The molecule has 0 spiro atoms. The van der Waals surface area contributed by atoms with Gasteiger partial charge in [-0.05, 0) is 36.6 Å². The van der Waals surface area contributed by atoms with Crippen molar-refractivity contribution >= 4 is 23.1 Å². The van der Waals surface area contributed by atoms with Gasteiger partial charge in [0.1, 0.15) is 0 Å². The summed E-state index contributed by atoms with van der Waals surface area (Å²) in [7, 11) is 0. The molecule has 116 valence electrons. The van der Waals surface area contributed by atoms with Crippen LogP contribution in [0.5, 0.6) is 0 Å². The first-order valence-electron chi connectivity index (χ1n) is 7.50. The first-order chi connectivity index (χ1) is 10.7. The highest BCUT2D eigenvalue weighted by Crippen LogP contribution is 2.20. The van der Waals surface area contributed by atoms with Gasteiger partial charge in [-0.15, -0.1) is 11.3 Å². The van der Waals surface area contributed by atoms with Crippen molar-refractivity contribution in [1.29, 1.82) is 0 Å². The summed E-state index contributed by atoms with van der Waals surface area (Å²) in [5.41, 5.74) is 4.28. The number of hydrogen-bond acceptors (Lipinski definition) is 4. The minimum absolute atomic E-state index is 0.104. The molecule has 0 saturated heterocycles. The number of aryl methyl sites for hydroxylation is 1. The van der Waals surface area contributed by atoms with E-state index in [1.807, 2.05) is 24.4 Å². The van der Waals surface area contributed by atoms with Gasteiger partial charge in [0.05, 0.1) is 16.7 Å². The molecule has 3 rings (SSSR count).